The lowest BCUT2D eigenvalue weighted by Crippen LogP contribution is -2.15. The van der Waals surface area contributed by atoms with Gasteiger partial charge in [-0.1, -0.05) is 12.8 Å². The largest absolute Gasteiger partial charge is 0.381 e. The van der Waals surface area contributed by atoms with E-state index in [4.69, 9.17) is 9.72 Å². The number of nitrogens with zero attached hydrogens (tertiary/aromatic N) is 2. The molecule has 1 atom stereocenters. The Morgan fingerprint density at radius 2 is 2.05 bits per heavy atom. The van der Waals surface area contributed by atoms with Crippen molar-refractivity contribution in [3.63, 3.8) is 0 Å². The Hall–Kier alpha value is -0.680. The summed E-state index contributed by atoms with van der Waals surface area (Å²) in [6.07, 6.45) is 5.98. The molecule has 112 valence electrons. The molecular formula is C15H24BrN3O. The summed E-state index contributed by atoms with van der Waals surface area (Å²) in [6.45, 7) is 4.99. The Labute approximate surface area is 129 Å². The van der Waals surface area contributed by atoms with Crippen LogP contribution in [0, 0.1) is 0 Å². The second-order valence-electron chi connectivity index (χ2n) is 5.45. The fourth-order valence-electron chi connectivity index (χ4n) is 2.70. The van der Waals surface area contributed by atoms with E-state index in [1.165, 1.54) is 31.4 Å². The van der Waals surface area contributed by atoms with Crippen LogP contribution in [0.25, 0.3) is 0 Å². The number of nitrogens with one attached hydrogen (secondary N) is 1. The molecule has 0 bridgehead atoms. The number of hydrogen-bond acceptors (Lipinski definition) is 4. The molecule has 1 N–H and O–H groups in total. The third-order valence-corrected chi connectivity index (χ3v) is 4.66. The fraction of sp³-hybridized carbons (Fsp3) is 0.733. The first-order chi connectivity index (χ1) is 9.65. The molecule has 4 nitrogen and oxygen atoms in total. The van der Waals surface area contributed by atoms with Crippen molar-refractivity contribution >= 4 is 21.7 Å². The highest BCUT2D eigenvalue weighted by molar-refractivity contribution is 9.10. The molecule has 20 heavy (non-hydrogen) atoms. The van der Waals surface area contributed by atoms with E-state index in [-0.39, 0.29) is 6.10 Å². The maximum atomic E-state index is 5.34. The lowest BCUT2D eigenvalue weighted by molar-refractivity contribution is 0.117. The predicted molar refractivity (Wildman–Crippen MR) is 85.3 cm³/mol. The number of aromatic nitrogens is 2. The van der Waals surface area contributed by atoms with Gasteiger partial charge in [-0.2, -0.15) is 0 Å². The predicted octanol–water partition coefficient (Wildman–Crippen LogP) is 3.91. The summed E-state index contributed by atoms with van der Waals surface area (Å²) in [5, 5.41) is 3.33. The minimum Gasteiger partial charge on any atom is -0.381 e. The maximum absolute atomic E-state index is 5.34. The summed E-state index contributed by atoms with van der Waals surface area (Å²) >= 11 is 3.69. The van der Waals surface area contributed by atoms with Crippen LogP contribution in [0.1, 0.15) is 57.0 Å². The highest BCUT2D eigenvalue weighted by Crippen LogP contribution is 2.38. The molecule has 0 amide bonds. The van der Waals surface area contributed by atoms with Crippen molar-refractivity contribution in [3.8, 4) is 0 Å². The zero-order valence-electron chi connectivity index (χ0n) is 12.6. The molecule has 1 aromatic rings. The summed E-state index contributed by atoms with van der Waals surface area (Å²) in [6, 6.07) is 0. The molecule has 0 spiro atoms. The third-order valence-electron chi connectivity index (χ3n) is 3.88. The number of anilines is 1. The molecule has 5 heteroatoms. The number of methoxy groups -OCH3 is 1. The van der Waals surface area contributed by atoms with Crippen LogP contribution >= 0.6 is 15.9 Å². The van der Waals surface area contributed by atoms with Gasteiger partial charge in [0.15, 0.2) is 0 Å². The van der Waals surface area contributed by atoms with Crippen LogP contribution < -0.4 is 5.32 Å². The SMILES string of the molecule is CCNc1nc(CC(C)OC)nc(C2CCCC2)c1Br. The van der Waals surface area contributed by atoms with Crippen molar-refractivity contribution in [2.45, 2.75) is 58.0 Å². The molecule has 1 aliphatic carbocycles. The van der Waals surface area contributed by atoms with Gasteiger partial charge in [-0.15, -0.1) is 0 Å². The number of hydrogen-bond donors (Lipinski definition) is 1. The van der Waals surface area contributed by atoms with E-state index in [2.05, 4.69) is 33.2 Å². The molecule has 1 saturated carbocycles. The molecular weight excluding hydrogens is 318 g/mol. The summed E-state index contributed by atoms with van der Waals surface area (Å²) in [5.41, 5.74) is 1.17. The van der Waals surface area contributed by atoms with Crippen molar-refractivity contribution < 1.29 is 4.74 Å². The number of ether oxygens (including phenoxy) is 1. The van der Waals surface area contributed by atoms with Gasteiger partial charge in [0.2, 0.25) is 0 Å². The normalized spacial score (nSPS) is 17.4. The smallest absolute Gasteiger partial charge is 0.144 e. The first kappa shape index (κ1) is 15.7. The van der Waals surface area contributed by atoms with Crippen molar-refractivity contribution in [1.29, 1.82) is 0 Å². The van der Waals surface area contributed by atoms with E-state index in [1.54, 1.807) is 7.11 Å². The van der Waals surface area contributed by atoms with Gasteiger partial charge in [0.05, 0.1) is 16.3 Å². The summed E-state index contributed by atoms with van der Waals surface area (Å²) < 4.78 is 6.38. The van der Waals surface area contributed by atoms with Crippen LogP contribution in [-0.2, 0) is 11.2 Å². The van der Waals surface area contributed by atoms with Crippen LogP contribution in [0.4, 0.5) is 5.82 Å². The lowest BCUT2D eigenvalue weighted by atomic mass is 10.0. The summed E-state index contributed by atoms with van der Waals surface area (Å²) in [7, 11) is 1.73. The first-order valence-corrected chi connectivity index (χ1v) is 8.28. The van der Waals surface area contributed by atoms with Crippen LogP contribution in [0.5, 0.6) is 0 Å². The molecule has 1 unspecified atom stereocenters. The molecule has 1 fully saturated rings. The molecule has 1 heterocycles. The second-order valence-corrected chi connectivity index (χ2v) is 6.24. The standard InChI is InChI=1S/C15H24BrN3O/c1-4-17-15-13(16)14(11-7-5-6-8-11)18-12(19-15)9-10(2)20-3/h10-11H,4-9H2,1-3H3,(H,17,18,19). The van der Waals surface area contributed by atoms with Crippen LogP contribution in [-0.4, -0.2) is 29.7 Å². The molecule has 0 radical (unpaired) electrons. The average molecular weight is 342 g/mol. The first-order valence-electron chi connectivity index (χ1n) is 7.48. The topological polar surface area (TPSA) is 47.0 Å². The Bertz CT molecular complexity index is 447. The minimum absolute atomic E-state index is 0.141. The van der Waals surface area contributed by atoms with Gasteiger partial charge in [0.25, 0.3) is 0 Å². The van der Waals surface area contributed by atoms with Crippen LogP contribution in [0.2, 0.25) is 0 Å². The van der Waals surface area contributed by atoms with E-state index in [0.717, 1.165) is 29.1 Å². The average Bonchev–Trinajstić information content (AvgIpc) is 2.96. The quantitative estimate of drug-likeness (QED) is 0.852. The van der Waals surface area contributed by atoms with Gasteiger partial charge in [-0.3, -0.25) is 0 Å². The van der Waals surface area contributed by atoms with E-state index in [1.807, 2.05) is 6.92 Å². The molecule has 0 aromatic carbocycles. The molecule has 0 aliphatic heterocycles. The Morgan fingerprint density at radius 3 is 2.65 bits per heavy atom. The Balaban J connectivity index is 2.32. The van der Waals surface area contributed by atoms with E-state index in [0.29, 0.717) is 5.92 Å². The molecule has 2 rings (SSSR count). The highest BCUT2D eigenvalue weighted by Gasteiger charge is 2.24. The highest BCUT2D eigenvalue weighted by atomic mass is 79.9. The van der Waals surface area contributed by atoms with Crippen molar-refractivity contribution in [2.24, 2.45) is 0 Å². The maximum Gasteiger partial charge on any atom is 0.144 e. The minimum atomic E-state index is 0.141. The van der Waals surface area contributed by atoms with Crippen molar-refractivity contribution in [3.05, 3.63) is 16.0 Å². The number of rotatable bonds is 6. The second kappa shape index (κ2) is 7.36. The van der Waals surface area contributed by atoms with Gasteiger partial charge < -0.3 is 10.1 Å². The zero-order chi connectivity index (χ0) is 14.5. The molecule has 0 saturated heterocycles. The van der Waals surface area contributed by atoms with E-state index < -0.39 is 0 Å². The molecule has 1 aromatic heterocycles. The Kier molecular flexibility index (Phi) is 5.78. The monoisotopic (exact) mass is 341 g/mol. The lowest BCUT2D eigenvalue weighted by Gasteiger charge is -2.17. The van der Waals surface area contributed by atoms with Gasteiger partial charge in [-0.25, -0.2) is 9.97 Å². The van der Waals surface area contributed by atoms with E-state index in [9.17, 15) is 0 Å². The van der Waals surface area contributed by atoms with Crippen molar-refractivity contribution in [1.82, 2.24) is 9.97 Å². The number of halogens is 1. The van der Waals surface area contributed by atoms with Gasteiger partial charge in [0.1, 0.15) is 11.6 Å². The summed E-state index contributed by atoms with van der Waals surface area (Å²) in [5.74, 6) is 2.37. The van der Waals surface area contributed by atoms with Crippen LogP contribution in [0.15, 0.2) is 4.47 Å². The van der Waals surface area contributed by atoms with E-state index >= 15 is 0 Å². The van der Waals surface area contributed by atoms with Gasteiger partial charge >= 0.3 is 0 Å². The van der Waals surface area contributed by atoms with Gasteiger partial charge in [-0.05, 0) is 42.6 Å². The Morgan fingerprint density at radius 1 is 1.35 bits per heavy atom. The fourth-order valence-corrected chi connectivity index (χ4v) is 3.34. The van der Waals surface area contributed by atoms with Gasteiger partial charge in [0, 0.05) is 26.0 Å². The van der Waals surface area contributed by atoms with Crippen LogP contribution in [0.3, 0.4) is 0 Å². The third kappa shape index (κ3) is 3.70. The van der Waals surface area contributed by atoms with Crippen molar-refractivity contribution in [2.75, 3.05) is 19.0 Å². The summed E-state index contributed by atoms with van der Waals surface area (Å²) in [4.78, 5) is 9.44. The molecule has 1 aliphatic rings. The zero-order valence-corrected chi connectivity index (χ0v) is 14.2.